The Morgan fingerprint density at radius 3 is 2.53 bits per heavy atom. The Morgan fingerprint density at radius 2 is 1.94 bits per heavy atom. The summed E-state index contributed by atoms with van der Waals surface area (Å²) in [5.74, 6) is 0.535. The molecule has 4 nitrogen and oxygen atoms in total. The highest BCUT2D eigenvalue weighted by atomic mass is 16.5. The first-order valence-electron chi connectivity index (χ1n) is 5.51. The second-order valence-corrected chi connectivity index (χ2v) is 4.05. The predicted octanol–water partition coefficient (Wildman–Crippen LogP) is 2.51. The Labute approximate surface area is 100 Å². The lowest BCUT2D eigenvalue weighted by molar-refractivity contribution is 0.230. The zero-order valence-corrected chi connectivity index (χ0v) is 9.92. The van der Waals surface area contributed by atoms with Gasteiger partial charge < -0.3 is 10.5 Å². The standard InChI is InChI=1S/C13H15N3O/c1-9(2)17-13-7-6-12(15-16-13)10-4-3-5-11(14)8-10/h3-9H,14H2,1-2H3. The van der Waals surface area contributed by atoms with Crippen LogP contribution in [0.3, 0.4) is 0 Å². The summed E-state index contributed by atoms with van der Waals surface area (Å²) in [4.78, 5) is 0. The van der Waals surface area contributed by atoms with Gasteiger partial charge in [-0.15, -0.1) is 10.2 Å². The second-order valence-electron chi connectivity index (χ2n) is 4.05. The molecule has 0 aliphatic carbocycles. The molecule has 0 aliphatic heterocycles. The number of benzene rings is 1. The molecule has 4 heteroatoms. The number of rotatable bonds is 3. The van der Waals surface area contributed by atoms with Gasteiger partial charge >= 0.3 is 0 Å². The van der Waals surface area contributed by atoms with E-state index >= 15 is 0 Å². The van der Waals surface area contributed by atoms with E-state index in [0.717, 1.165) is 11.3 Å². The van der Waals surface area contributed by atoms with Crippen LogP contribution in [0.5, 0.6) is 5.88 Å². The molecule has 0 atom stereocenters. The van der Waals surface area contributed by atoms with E-state index in [9.17, 15) is 0 Å². The van der Waals surface area contributed by atoms with Gasteiger partial charge in [-0.05, 0) is 32.0 Å². The Balaban J connectivity index is 2.23. The second kappa shape index (κ2) is 4.82. The third-order valence-electron chi connectivity index (χ3n) is 2.18. The van der Waals surface area contributed by atoms with Crippen LogP contribution in [0.15, 0.2) is 36.4 Å². The van der Waals surface area contributed by atoms with Crippen LogP contribution >= 0.6 is 0 Å². The van der Waals surface area contributed by atoms with Gasteiger partial charge in [-0.25, -0.2) is 0 Å². The molecule has 1 aromatic carbocycles. The number of anilines is 1. The van der Waals surface area contributed by atoms with Gasteiger partial charge in [-0.2, -0.15) is 0 Å². The maximum absolute atomic E-state index is 5.72. The van der Waals surface area contributed by atoms with Gasteiger partial charge in [0.2, 0.25) is 5.88 Å². The molecule has 17 heavy (non-hydrogen) atoms. The van der Waals surface area contributed by atoms with Crippen molar-refractivity contribution in [2.45, 2.75) is 20.0 Å². The molecular weight excluding hydrogens is 214 g/mol. The molecule has 0 saturated carbocycles. The predicted molar refractivity (Wildman–Crippen MR) is 67.6 cm³/mol. The summed E-state index contributed by atoms with van der Waals surface area (Å²) >= 11 is 0. The van der Waals surface area contributed by atoms with Crippen LogP contribution in [0.1, 0.15) is 13.8 Å². The van der Waals surface area contributed by atoms with E-state index in [0.29, 0.717) is 11.6 Å². The average Bonchev–Trinajstić information content (AvgIpc) is 2.29. The van der Waals surface area contributed by atoms with Crippen molar-refractivity contribution >= 4 is 5.69 Å². The summed E-state index contributed by atoms with van der Waals surface area (Å²) in [7, 11) is 0. The molecule has 2 N–H and O–H groups in total. The van der Waals surface area contributed by atoms with Crippen molar-refractivity contribution in [2.75, 3.05) is 5.73 Å². The van der Waals surface area contributed by atoms with Crippen molar-refractivity contribution in [3.63, 3.8) is 0 Å². The first kappa shape index (κ1) is 11.4. The van der Waals surface area contributed by atoms with E-state index < -0.39 is 0 Å². The Bertz CT molecular complexity index is 494. The molecule has 0 radical (unpaired) electrons. The summed E-state index contributed by atoms with van der Waals surface area (Å²) in [5, 5.41) is 8.12. The van der Waals surface area contributed by atoms with Gasteiger partial charge in [-0.1, -0.05) is 12.1 Å². The highest BCUT2D eigenvalue weighted by Gasteiger charge is 2.03. The minimum absolute atomic E-state index is 0.0996. The van der Waals surface area contributed by atoms with Crippen LogP contribution in [0.2, 0.25) is 0 Å². The lowest BCUT2D eigenvalue weighted by Gasteiger charge is -2.08. The zero-order chi connectivity index (χ0) is 12.3. The third kappa shape index (κ3) is 2.93. The van der Waals surface area contributed by atoms with E-state index in [4.69, 9.17) is 10.5 Å². The van der Waals surface area contributed by atoms with E-state index in [1.165, 1.54) is 0 Å². The highest BCUT2D eigenvalue weighted by Crippen LogP contribution is 2.20. The molecular formula is C13H15N3O. The minimum Gasteiger partial charge on any atom is -0.474 e. The molecule has 0 bridgehead atoms. The van der Waals surface area contributed by atoms with Gasteiger partial charge in [0.25, 0.3) is 0 Å². The fraction of sp³-hybridized carbons (Fsp3) is 0.231. The molecule has 0 amide bonds. The number of ether oxygens (including phenoxy) is 1. The maximum Gasteiger partial charge on any atom is 0.233 e. The molecule has 1 heterocycles. The molecule has 88 valence electrons. The maximum atomic E-state index is 5.72. The topological polar surface area (TPSA) is 61.0 Å². The molecule has 0 aliphatic rings. The number of aromatic nitrogens is 2. The number of nitrogen functional groups attached to an aromatic ring is 1. The van der Waals surface area contributed by atoms with Crippen LogP contribution < -0.4 is 10.5 Å². The largest absolute Gasteiger partial charge is 0.474 e. The molecule has 0 saturated heterocycles. The number of hydrogen-bond donors (Lipinski definition) is 1. The van der Waals surface area contributed by atoms with Gasteiger partial charge in [0, 0.05) is 17.3 Å². The van der Waals surface area contributed by atoms with Gasteiger partial charge in [-0.3, -0.25) is 0 Å². The van der Waals surface area contributed by atoms with E-state index in [-0.39, 0.29) is 6.10 Å². The van der Waals surface area contributed by atoms with Crippen molar-refractivity contribution in [3.05, 3.63) is 36.4 Å². The van der Waals surface area contributed by atoms with Crippen LogP contribution in [0.4, 0.5) is 5.69 Å². The van der Waals surface area contributed by atoms with Crippen molar-refractivity contribution in [1.82, 2.24) is 10.2 Å². The first-order chi connectivity index (χ1) is 8.15. The summed E-state index contributed by atoms with van der Waals surface area (Å²) in [6, 6.07) is 11.2. The van der Waals surface area contributed by atoms with E-state index in [1.54, 1.807) is 0 Å². The quantitative estimate of drug-likeness (QED) is 0.821. The summed E-state index contributed by atoms with van der Waals surface area (Å²) in [5.41, 5.74) is 8.17. The van der Waals surface area contributed by atoms with Crippen LogP contribution in [0.25, 0.3) is 11.3 Å². The van der Waals surface area contributed by atoms with Gasteiger partial charge in [0.1, 0.15) is 0 Å². The van der Waals surface area contributed by atoms with Crippen molar-refractivity contribution in [1.29, 1.82) is 0 Å². The lowest BCUT2D eigenvalue weighted by Crippen LogP contribution is -2.07. The minimum atomic E-state index is 0.0996. The molecule has 2 rings (SSSR count). The van der Waals surface area contributed by atoms with Crippen molar-refractivity contribution < 1.29 is 4.74 Å². The fourth-order valence-electron chi connectivity index (χ4n) is 1.48. The van der Waals surface area contributed by atoms with Crippen molar-refractivity contribution in [3.8, 4) is 17.1 Å². The van der Waals surface area contributed by atoms with Gasteiger partial charge in [0.15, 0.2) is 0 Å². The summed E-state index contributed by atoms with van der Waals surface area (Å²) in [6.07, 6.45) is 0.0996. The molecule has 1 aromatic heterocycles. The molecule has 0 unspecified atom stereocenters. The number of hydrogen-bond acceptors (Lipinski definition) is 4. The number of nitrogens with two attached hydrogens (primary N) is 1. The van der Waals surface area contributed by atoms with Crippen LogP contribution in [0, 0.1) is 0 Å². The molecule has 0 fully saturated rings. The normalized spacial score (nSPS) is 10.5. The molecule has 2 aromatic rings. The fourth-order valence-corrected chi connectivity index (χ4v) is 1.48. The summed E-state index contributed by atoms with van der Waals surface area (Å²) in [6.45, 7) is 3.90. The van der Waals surface area contributed by atoms with E-state index in [2.05, 4.69) is 10.2 Å². The Hall–Kier alpha value is -2.10. The van der Waals surface area contributed by atoms with E-state index in [1.807, 2.05) is 50.2 Å². The van der Waals surface area contributed by atoms with Gasteiger partial charge in [0.05, 0.1) is 11.8 Å². The lowest BCUT2D eigenvalue weighted by atomic mass is 10.1. The Morgan fingerprint density at radius 1 is 1.12 bits per heavy atom. The van der Waals surface area contributed by atoms with Crippen LogP contribution in [-0.2, 0) is 0 Å². The van der Waals surface area contributed by atoms with Crippen LogP contribution in [-0.4, -0.2) is 16.3 Å². The van der Waals surface area contributed by atoms with Crippen molar-refractivity contribution in [2.24, 2.45) is 0 Å². The SMILES string of the molecule is CC(C)Oc1ccc(-c2cccc(N)c2)nn1. The molecule has 0 spiro atoms. The average molecular weight is 229 g/mol. The number of nitrogens with zero attached hydrogens (tertiary/aromatic N) is 2. The monoisotopic (exact) mass is 229 g/mol. The first-order valence-corrected chi connectivity index (χ1v) is 5.51. The zero-order valence-electron chi connectivity index (χ0n) is 9.92. The summed E-state index contributed by atoms with van der Waals surface area (Å²) < 4.78 is 5.43. The highest BCUT2D eigenvalue weighted by molar-refractivity contribution is 5.63. The third-order valence-corrected chi connectivity index (χ3v) is 2.18. The Kier molecular flexibility index (Phi) is 3.23. The smallest absolute Gasteiger partial charge is 0.233 e.